The lowest BCUT2D eigenvalue weighted by molar-refractivity contribution is -0.125. The minimum absolute atomic E-state index is 0.0939. The summed E-state index contributed by atoms with van der Waals surface area (Å²) in [5.74, 6) is 0.259. The highest BCUT2D eigenvalue weighted by Crippen LogP contribution is 2.25. The van der Waals surface area contributed by atoms with Crippen molar-refractivity contribution in [3.63, 3.8) is 0 Å². The number of nitrogens with zero attached hydrogens (tertiary/aromatic N) is 2. The molecule has 0 saturated heterocycles. The van der Waals surface area contributed by atoms with E-state index >= 15 is 0 Å². The molecule has 1 amide bonds. The number of hydrogen-bond donors (Lipinski definition) is 1. The van der Waals surface area contributed by atoms with Crippen molar-refractivity contribution in [2.24, 2.45) is 5.92 Å². The van der Waals surface area contributed by atoms with E-state index in [1.54, 1.807) is 0 Å². The molecule has 116 valence electrons. The number of carbonyl (C=O) groups excluding carboxylic acids is 1. The van der Waals surface area contributed by atoms with Crippen LogP contribution in [0.3, 0.4) is 0 Å². The molecule has 1 aromatic heterocycles. The molecule has 1 aromatic carbocycles. The Labute approximate surface area is 131 Å². The summed E-state index contributed by atoms with van der Waals surface area (Å²) >= 11 is 0. The predicted octanol–water partition coefficient (Wildman–Crippen LogP) is 2.63. The van der Waals surface area contributed by atoms with E-state index in [0.29, 0.717) is 6.54 Å². The monoisotopic (exact) mass is 297 g/mol. The van der Waals surface area contributed by atoms with Crippen LogP contribution in [0.1, 0.15) is 35.7 Å². The quantitative estimate of drug-likeness (QED) is 0.943. The zero-order valence-electron chi connectivity index (χ0n) is 13.3. The van der Waals surface area contributed by atoms with Crippen LogP contribution in [0.2, 0.25) is 0 Å². The van der Waals surface area contributed by atoms with Gasteiger partial charge in [0.15, 0.2) is 0 Å². The second-order valence-corrected chi connectivity index (χ2v) is 6.00. The van der Waals surface area contributed by atoms with Gasteiger partial charge < -0.3 is 5.32 Å². The molecule has 1 N–H and O–H groups in total. The Bertz CT molecular complexity index is 675. The minimum atomic E-state index is 0.0939. The third kappa shape index (κ3) is 2.91. The Morgan fingerprint density at radius 1 is 1.36 bits per heavy atom. The molecule has 1 aliphatic rings. The summed E-state index contributed by atoms with van der Waals surface area (Å²) in [6, 6.07) is 8.45. The molecule has 3 rings (SSSR count). The first-order valence-electron chi connectivity index (χ1n) is 8.04. The first-order chi connectivity index (χ1) is 10.7. The predicted molar refractivity (Wildman–Crippen MR) is 86.4 cm³/mol. The molecule has 22 heavy (non-hydrogen) atoms. The molecule has 0 bridgehead atoms. The van der Waals surface area contributed by atoms with Crippen molar-refractivity contribution in [1.29, 1.82) is 0 Å². The van der Waals surface area contributed by atoms with Crippen LogP contribution in [0.4, 0.5) is 0 Å². The SMILES string of the molecule is CCn1ncc(CNC(=O)C2CCc3ccccc3C2)c1C. The smallest absolute Gasteiger partial charge is 0.223 e. The third-order valence-electron chi connectivity index (χ3n) is 4.68. The zero-order valence-corrected chi connectivity index (χ0v) is 13.3. The molecule has 1 atom stereocenters. The number of aryl methyl sites for hydroxylation is 2. The molecule has 4 heteroatoms. The van der Waals surface area contributed by atoms with E-state index in [1.165, 1.54) is 11.1 Å². The van der Waals surface area contributed by atoms with Crippen molar-refractivity contribution >= 4 is 5.91 Å². The van der Waals surface area contributed by atoms with Crippen LogP contribution < -0.4 is 5.32 Å². The Hall–Kier alpha value is -2.10. The molecule has 1 unspecified atom stereocenters. The Morgan fingerprint density at radius 2 is 2.14 bits per heavy atom. The number of carbonyl (C=O) groups is 1. The topological polar surface area (TPSA) is 46.9 Å². The van der Waals surface area contributed by atoms with Gasteiger partial charge in [0.05, 0.1) is 6.20 Å². The van der Waals surface area contributed by atoms with Crippen LogP contribution in [0, 0.1) is 12.8 Å². The largest absolute Gasteiger partial charge is 0.352 e. The molecule has 2 aromatic rings. The Morgan fingerprint density at radius 3 is 2.86 bits per heavy atom. The van der Waals surface area contributed by atoms with Crippen molar-refractivity contribution in [2.45, 2.75) is 46.2 Å². The number of amides is 1. The Balaban J connectivity index is 1.60. The van der Waals surface area contributed by atoms with Gasteiger partial charge in [-0.15, -0.1) is 0 Å². The van der Waals surface area contributed by atoms with Crippen LogP contribution in [-0.2, 0) is 30.7 Å². The van der Waals surface area contributed by atoms with Crippen molar-refractivity contribution in [3.8, 4) is 0 Å². The summed E-state index contributed by atoms with van der Waals surface area (Å²) in [6.45, 7) is 5.55. The Kier molecular flexibility index (Phi) is 4.27. The van der Waals surface area contributed by atoms with Gasteiger partial charge in [-0.1, -0.05) is 24.3 Å². The van der Waals surface area contributed by atoms with Gasteiger partial charge in [-0.05, 0) is 44.2 Å². The third-order valence-corrected chi connectivity index (χ3v) is 4.68. The van der Waals surface area contributed by atoms with Crippen LogP contribution in [-0.4, -0.2) is 15.7 Å². The highest BCUT2D eigenvalue weighted by Gasteiger charge is 2.24. The maximum absolute atomic E-state index is 12.4. The zero-order chi connectivity index (χ0) is 15.5. The maximum atomic E-state index is 12.4. The molecule has 0 saturated carbocycles. The fraction of sp³-hybridized carbons (Fsp3) is 0.444. The van der Waals surface area contributed by atoms with E-state index < -0.39 is 0 Å². The van der Waals surface area contributed by atoms with Gasteiger partial charge in [0.25, 0.3) is 0 Å². The maximum Gasteiger partial charge on any atom is 0.223 e. The summed E-state index contributed by atoms with van der Waals surface area (Å²) in [4.78, 5) is 12.4. The van der Waals surface area contributed by atoms with Crippen LogP contribution in [0.15, 0.2) is 30.5 Å². The highest BCUT2D eigenvalue weighted by molar-refractivity contribution is 5.79. The highest BCUT2D eigenvalue weighted by atomic mass is 16.1. The average molecular weight is 297 g/mol. The van der Waals surface area contributed by atoms with Gasteiger partial charge in [0.1, 0.15) is 0 Å². The lowest BCUT2D eigenvalue weighted by Gasteiger charge is -2.23. The second kappa shape index (κ2) is 6.34. The van der Waals surface area contributed by atoms with Crippen molar-refractivity contribution in [2.75, 3.05) is 0 Å². The standard InChI is InChI=1S/C18H23N3O/c1-3-21-13(2)17(12-20-21)11-19-18(22)16-9-8-14-6-4-5-7-15(14)10-16/h4-7,12,16H,3,8-11H2,1-2H3,(H,19,22). The van der Waals surface area contributed by atoms with Crippen LogP contribution in [0.5, 0.6) is 0 Å². The molecule has 0 aliphatic heterocycles. The van der Waals surface area contributed by atoms with Crippen molar-refractivity contribution in [1.82, 2.24) is 15.1 Å². The van der Waals surface area contributed by atoms with Gasteiger partial charge in [-0.3, -0.25) is 9.48 Å². The van der Waals surface area contributed by atoms with Crippen molar-refractivity contribution < 1.29 is 4.79 Å². The number of fused-ring (bicyclic) bond motifs is 1. The minimum Gasteiger partial charge on any atom is -0.352 e. The lowest BCUT2D eigenvalue weighted by atomic mass is 9.83. The molecule has 0 radical (unpaired) electrons. The number of benzene rings is 1. The van der Waals surface area contributed by atoms with E-state index in [9.17, 15) is 4.79 Å². The summed E-state index contributed by atoms with van der Waals surface area (Å²) in [5, 5.41) is 7.41. The van der Waals surface area contributed by atoms with Gasteiger partial charge in [-0.2, -0.15) is 5.10 Å². The van der Waals surface area contributed by atoms with Gasteiger partial charge >= 0.3 is 0 Å². The molecule has 4 nitrogen and oxygen atoms in total. The van der Waals surface area contributed by atoms with Gasteiger partial charge in [-0.25, -0.2) is 0 Å². The molecular weight excluding hydrogens is 274 g/mol. The summed E-state index contributed by atoms with van der Waals surface area (Å²) in [6.07, 6.45) is 4.65. The number of rotatable bonds is 4. The van der Waals surface area contributed by atoms with Gasteiger partial charge in [0, 0.05) is 30.3 Å². The first-order valence-corrected chi connectivity index (χ1v) is 8.04. The van der Waals surface area contributed by atoms with Crippen LogP contribution in [0.25, 0.3) is 0 Å². The number of aromatic nitrogens is 2. The molecule has 0 fully saturated rings. The van der Waals surface area contributed by atoms with E-state index in [1.807, 2.05) is 10.9 Å². The van der Waals surface area contributed by atoms with Crippen LogP contribution >= 0.6 is 0 Å². The second-order valence-electron chi connectivity index (χ2n) is 6.00. The average Bonchev–Trinajstić information content (AvgIpc) is 2.92. The van der Waals surface area contributed by atoms with E-state index in [0.717, 1.165) is 37.1 Å². The summed E-state index contributed by atoms with van der Waals surface area (Å²) in [7, 11) is 0. The fourth-order valence-corrected chi connectivity index (χ4v) is 3.23. The number of nitrogens with one attached hydrogen (secondary N) is 1. The normalized spacial score (nSPS) is 17.1. The van der Waals surface area contributed by atoms with E-state index in [2.05, 4.69) is 48.5 Å². The van der Waals surface area contributed by atoms with E-state index in [-0.39, 0.29) is 11.8 Å². The van der Waals surface area contributed by atoms with E-state index in [4.69, 9.17) is 0 Å². The summed E-state index contributed by atoms with van der Waals surface area (Å²) in [5.41, 5.74) is 4.96. The number of hydrogen-bond acceptors (Lipinski definition) is 2. The molecule has 0 spiro atoms. The lowest BCUT2D eigenvalue weighted by Crippen LogP contribution is -2.33. The molecule has 1 heterocycles. The molecule has 1 aliphatic carbocycles. The van der Waals surface area contributed by atoms with Crippen molar-refractivity contribution in [3.05, 3.63) is 52.8 Å². The summed E-state index contributed by atoms with van der Waals surface area (Å²) < 4.78 is 1.96. The fourth-order valence-electron chi connectivity index (χ4n) is 3.23. The first kappa shape index (κ1) is 14.8. The van der Waals surface area contributed by atoms with Gasteiger partial charge in [0.2, 0.25) is 5.91 Å². The molecular formula is C18H23N3O.